The first-order valence-electron chi connectivity index (χ1n) is 9.80. The first-order chi connectivity index (χ1) is 14.8. The third kappa shape index (κ3) is 4.86. The van der Waals surface area contributed by atoms with Gasteiger partial charge in [0.2, 0.25) is 0 Å². The number of hydrogen-bond donors (Lipinski definition) is 3. The summed E-state index contributed by atoms with van der Waals surface area (Å²) in [4.78, 5) is 11.0. The van der Waals surface area contributed by atoms with Gasteiger partial charge in [-0.05, 0) is 23.3 Å². The first-order valence-corrected chi connectivity index (χ1v) is 9.80. The maximum absolute atomic E-state index is 6.49. The Hall–Kier alpha value is -4.06. The molecule has 0 fully saturated rings. The van der Waals surface area contributed by atoms with E-state index in [0.717, 1.165) is 5.69 Å². The molecule has 0 saturated carbocycles. The molecule has 0 aliphatic carbocycles. The molecule has 0 saturated heterocycles. The van der Waals surface area contributed by atoms with Gasteiger partial charge in [-0.25, -0.2) is 9.97 Å². The van der Waals surface area contributed by atoms with E-state index in [1.165, 1.54) is 17.5 Å². The summed E-state index contributed by atoms with van der Waals surface area (Å²) in [5.74, 6) is 1.23. The summed E-state index contributed by atoms with van der Waals surface area (Å²) < 4.78 is 0. The van der Waals surface area contributed by atoms with E-state index in [1.807, 2.05) is 66.7 Å². The van der Waals surface area contributed by atoms with Crippen LogP contribution in [0.15, 0.2) is 97.3 Å². The molecular formula is C24H24N6. The lowest BCUT2D eigenvalue weighted by Crippen LogP contribution is -2.25. The van der Waals surface area contributed by atoms with E-state index in [9.17, 15) is 0 Å². The number of nitrogens with one attached hydrogen (secondary N) is 2. The number of benzene rings is 3. The summed E-state index contributed by atoms with van der Waals surface area (Å²) in [6.07, 6.45) is 1.53. The van der Waals surface area contributed by atoms with Gasteiger partial charge in [-0.3, -0.25) is 10.9 Å². The average Bonchev–Trinajstić information content (AvgIpc) is 2.80. The highest BCUT2D eigenvalue weighted by Gasteiger charge is 2.16. The Kier molecular flexibility index (Phi) is 6.05. The van der Waals surface area contributed by atoms with Crippen LogP contribution >= 0.6 is 0 Å². The van der Waals surface area contributed by atoms with Gasteiger partial charge in [0.05, 0.1) is 5.69 Å². The molecule has 1 heterocycles. The monoisotopic (exact) mass is 396 g/mol. The topological polar surface area (TPSA) is 79.1 Å². The normalized spacial score (nSPS) is 10.4. The number of nitrogen functional groups attached to an aromatic ring is 1. The van der Waals surface area contributed by atoms with E-state index >= 15 is 0 Å². The zero-order valence-corrected chi connectivity index (χ0v) is 16.6. The van der Waals surface area contributed by atoms with Crippen molar-refractivity contribution in [1.82, 2.24) is 9.97 Å². The zero-order chi connectivity index (χ0) is 20.6. The second kappa shape index (κ2) is 9.43. The van der Waals surface area contributed by atoms with Gasteiger partial charge in [0.25, 0.3) is 0 Å². The van der Waals surface area contributed by atoms with Crippen molar-refractivity contribution in [3.8, 4) is 0 Å². The van der Waals surface area contributed by atoms with Crippen LogP contribution in [0.2, 0.25) is 0 Å². The van der Waals surface area contributed by atoms with E-state index in [1.54, 1.807) is 0 Å². The van der Waals surface area contributed by atoms with Gasteiger partial charge in [-0.1, -0.05) is 78.9 Å². The molecule has 0 amide bonds. The number of anilines is 4. The van der Waals surface area contributed by atoms with Crippen LogP contribution in [-0.2, 0) is 13.1 Å². The Bertz CT molecular complexity index is 1010. The molecule has 30 heavy (non-hydrogen) atoms. The summed E-state index contributed by atoms with van der Waals surface area (Å²) >= 11 is 0. The standard InChI is InChI=1S/C24H24N6/c25-22-23(29-28-21-14-8-3-9-15-21)26-18-27-24(22)30(16-19-10-4-1-5-11-19)17-20-12-6-2-7-13-20/h1-15,18,28H,16-17,25H2,(H,26,27,29). The Morgan fingerprint density at radius 1 is 0.667 bits per heavy atom. The van der Waals surface area contributed by atoms with Crippen molar-refractivity contribution in [3.63, 3.8) is 0 Å². The average molecular weight is 396 g/mol. The third-order valence-corrected chi connectivity index (χ3v) is 4.69. The van der Waals surface area contributed by atoms with Gasteiger partial charge in [0.1, 0.15) is 12.0 Å². The molecule has 0 atom stereocenters. The number of aromatic nitrogens is 2. The van der Waals surface area contributed by atoms with Gasteiger partial charge in [-0.2, -0.15) is 0 Å². The molecular weight excluding hydrogens is 372 g/mol. The Morgan fingerprint density at radius 3 is 1.77 bits per heavy atom. The van der Waals surface area contributed by atoms with Gasteiger partial charge < -0.3 is 10.6 Å². The minimum atomic E-state index is 0.493. The largest absolute Gasteiger partial charge is 0.393 e. The molecule has 6 heteroatoms. The number of nitrogens with zero attached hydrogens (tertiary/aromatic N) is 3. The predicted molar refractivity (Wildman–Crippen MR) is 123 cm³/mol. The molecule has 3 aromatic carbocycles. The fourth-order valence-corrected chi connectivity index (χ4v) is 3.20. The zero-order valence-electron chi connectivity index (χ0n) is 16.6. The van der Waals surface area contributed by atoms with E-state index in [0.29, 0.717) is 30.4 Å². The lowest BCUT2D eigenvalue weighted by molar-refractivity contribution is 0.782. The number of rotatable bonds is 8. The van der Waals surface area contributed by atoms with Crippen LogP contribution in [0.1, 0.15) is 11.1 Å². The molecule has 150 valence electrons. The highest BCUT2D eigenvalue weighted by molar-refractivity contribution is 5.75. The minimum absolute atomic E-state index is 0.493. The van der Waals surface area contributed by atoms with Gasteiger partial charge in [-0.15, -0.1) is 0 Å². The van der Waals surface area contributed by atoms with Crippen LogP contribution in [0.3, 0.4) is 0 Å². The molecule has 4 rings (SSSR count). The number of hydrogen-bond acceptors (Lipinski definition) is 6. The van der Waals surface area contributed by atoms with Crippen LogP contribution in [0.4, 0.5) is 23.0 Å². The van der Waals surface area contributed by atoms with Crippen LogP contribution in [-0.4, -0.2) is 9.97 Å². The second-order valence-electron chi connectivity index (χ2n) is 6.90. The molecule has 0 aliphatic heterocycles. The van der Waals surface area contributed by atoms with E-state index in [4.69, 9.17) is 5.73 Å². The van der Waals surface area contributed by atoms with Crippen LogP contribution in [0, 0.1) is 0 Å². The molecule has 1 aromatic heterocycles. The summed E-state index contributed by atoms with van der Waals surface area (Å²) in [5.41, 5.74) is 16.5. The molecule has 4 aromatic rings. The van der Waals surface area contributed by atoms with Crippen LogP contribution < -0.4 is 21.5 Å². The van der Waals surface area contributed by atoms with Crippen molar-refractivity contribution < 1.29 is 0 Å². The highest BCUT2D eigenvalue weighted by atomic mass is 15.4. The SMILES string of the molecule is Nc1c(NNc2ccccc2)ncnc1N(Cc1ccccc1)Cc1ccccc1. The number of nitrogens with two attached hydrogens (primary N) is 1. The molecule has 0 unspecified atom stereocenters. The maximum Gasteiger partial charge on any atom is 0.173 e. The highest BCUT2D eigenvalue weighted by Crippen LogP contribution is 2.28. The minimum Gasteiger partial charge on any atom is -0.393 e. The Morgan fingerprint density at radius 2 is 1.20 bits per heavy atom. The number of para-hydroxylation sites is 1. The maximum atomic E-state index is 6.49. The summed E-state index contributed by atoms with van der Waals surface area (Å²) in [6, 6.07) is 30.4. The summed E-state index contributed by atoms with van der Waals surface area (Å²) in [7, 11) is 0. The van der Waals surface area contributed by atoms with Crippen LogP contribution in [0.25, 0.3) is 0 Å². The predicted octanol–water partition coefficient (Wildman–Crippen LogP) is 4.70. The lowest BCUT2D eigenvalue weighted by atomic mass is 10.1. The number of hydrazine groups is 1. The smallest absolute Gasteiger partial charge is 0.173 e. The van der Waals surface area contributed by atoms with Crippen molar-refractivity contribution in [1.29, 1.82) is 0 Å². The van der Waals surface area contributed by atoms with E-state index in [2.05, 4.69) is 50.0 Å². The molecule has 0 aliphatic rings. The molecule has 4 N–H and O–H groups in total. The first kappa shape index (κ1) is 19.3. The van der Waals surface area contributed by atoms with E-state index < -0.39 is 0 Å². The molecule has 6 nitrogen and oxygen atoms in total. The Labute approximate surface area is 176 Å². The summed E-state index contributed by atoms with van der Waals surface area (Å²) in [5, 5.41) is 0. The molecule has 0 radical (unpaired) electrons. The fraction of sp³-hybridized carbons (Fsp3) is 0.0833. The van der Waals surface area contributed by atoms with Crippen LogP contribution in [0.5, 0.6) is 0 Å². The third-order valence-electron chi connectivity index (χ3n) is 4.69. The molecule has 0 spiro atoms. The van der Waals surface area contributed by atoms with Crippen molar-refractivity contribution in [3.05, 3.63) is 108 Å². The molecule has 0 bridgehead atoms. The van der Waals surface area contributed by atoms with Crippen molar-refractivity contribution in [2.75, 3.05) is 21.5 Å². The quantitative estimate of drug-likeness (QED) is 0.375. The summed E-state index contributed by atoms with van der Waals surface area (Å²) in [6.45, 7) is 1.37. The van der Waals surface area contributed by atoms with E-state index in [-0.39, 0.29) is 0 Å². The van der Waals surface area contributed by atoms with Crippen molar-refractivity contribution in [2.45, 2.75) is 13.1 Å². The van der Waals surface area contributed by atoms with Crippen molar-refractivity contribution >= 4 is 23.0 Å². The second-order valence-corrected chi connectivity index (χ2v) is 6.90. The fourth-order valence-electron chi connectivity index (χ4n) is 3.20. The lowest BCUT2D eigenvalue weighted by Gasteiger charge is -2.26. The van der Waals surface area contributed by atoms with Gasteiger partial charge in [0.15, 0.2) is 11.6 Å². The van der Waals surface area contributed by atoms with Gasteiger partial charge >= 0.3 is 0 Å². The Balaban J connectivity index is 1.60. The van der Waals surface area contributed by atoms with Gasteiger partial charge in [0, 0.05) is 13.1 Å². The van der Waals surface area contributed by atoms with Crippen molar-refractivity contribution in [2.24, 2.45) is 0 Å².